The first-order valence-electron chi connectivity index (χ1n) is 4.80. The molecule has 0 N–H and O–H groups in total. The summed E-state index contributed by atoms with van der Waals surface area (Å²) in [5.74, 6) is -0.194. The lowest BCUT2D eigenvalue weighted by molar-refractivity contribution is 0.00778. The highest BCUT2D eigenvalue weighted by Gasteiger charge is 2.38. The molecule has 1 aliphatic rings. The average molecular weight is 190 g/mol. The number of carbonyl (C=O) groups is 1. The molecule has 1 aliphatic heterocycles. The minimum Gasteiger partial charge on any atom is -0.453 e. The van der Waals surface area contributed by atoms with Gasteiger partial charge < -0.3 is 4.74 Å². The number of carbonyl (C=O) groups excluding carboxylic acids is 1. The van der Waals surface area contributed by atoms with Gasteiger partial charge >= 0.3 is 5.97 Å². The Labute approximate surface area is 83.9 Å². The van der Waals surface area contributed by atoms with Crippen LogP contribution < -0.4 is 0 Å². The normalized spacial score (nSPS) is 20.5. The van der Waals surface area contributed by atoms with Crippen LogP contribution in [0.1, 0.15) is 42.8 Å². The van der Waals surface area contributed by atoms with Crippen molar-refractivity contribution < 1.29 is 9.53 Å². The predicted molar refractivity (Wildman–Crippen MR) is 54.1 cm³/mol. The van der Waals surface area contributed by atoms with E-state index in [1.54, 1.807) is 0 Å². The van der Waals surface area contributed by atoms with E-state index in [1.807, 2.05) is 24.3 Å². The number of cyclic esters (lactones) is 1. The molecule has 0 aromatic heterocycles. The Balaban J connectivity index is 2.50. The van der Waals surface area contributed by atoms with Crippen LogP contribution in [0.25, 0.3) is 0 Å². The minimum atomic E-state index is -0.194. The summed E-state index contributed by atoms with van der Waals surface area (Å²) in [6.07, 6.45) is -0.105. The van der Waals surface area contributed by atoms with Crippen LogP contribution in [-0.2, 0) is 4.74 Å². The molecule has 1 aromatic rings. The number of esters is 1. The summed E-state index contributed by atoms with van der Waals surface area (Å²) >= 11 is 0. The molecule has 0 fully saturated rings. The second kappa shape index (κ2) is 2.84. The maximum absolute atomic E-state index is 11.5. The second-order valence-corrected chi connectivity index (χ2v) is 4.74. The van der Waals surface area contributed by atoms with Crippen LogP contribution in [0.5, 0.6) is 0 Å². The van der Waals surface area contributed by atoms with E-state index in [9.17, 15) is 4.79 Å². The highest BCUT2D eigenvalue weighted by atomic mass is 16.5. The van der Waals surface area contributed by atoms with E-state index in [2.05, 4.69) is 20.8 Å². The first-order valence-corrected chi connectivity index (χ1v) is 4.80. The summed E-state index contributed by atoms with van der Waals surface area (Å²) in [6, 6.07) is 7.60. The van der Waals surface area contributed by atoms with E-state index in [0.29, 0.717) is 5.56 Å². The summed E-state index contributed by atoms with van der Waals surface area (Å²) in [4.78, 5) is 11.5. The van der Waals surface area contributed by atoms with Crippen molar-refractivity contribution in [2.24, 2.45) is 5.41 Å². The Morgan fingerprint density at radius 2 is 1.86 bits per heavy atom. The average Bonchev–Trinajstić information content (AvgIpc) is 2.44. The molecule has 1 heterocycles. The molecule has 0 aliphatic carbocycles. The van der Waals surface area contributed by atoms with Crippen molar-refractivity contribution in [2.45, 2.75) is 26.9 Å². The quantitative estimate of drug-likeness (QED) is 0.588. The Hall–Kier alpha value is -1.31. The second-order valence-electron chi connectivity index (χ2n) is 4.74. The van der Waals surface area contributed by atoms with Crippen molar-refractivity contribution in [1.82, 2.24) is 0 Å². The summed E-state index contributed by atoms with van der Waals surface area (Å²) < 4.78 is 5.36. The van der Waals surface area contributed by atoms with Crippen molar-refractivity contribution >= 4 is 5.97 Å². The lowest BCUT2D eigenvalue weighted by Gasteiger charge is -2.25. The summed E-state index contributed by atoms with van der Waals surface area (Å²) in [6.45, 7) is 6.23. The van der Waals surface area contributed by atoms with Gasteiger partial charge in [0.1, 0.15) is 6.10 Å². The Morgan fingerprint density at radius 3 is 2.50 bits per heavy atom. The Morgan fingerprint density at radius 1 is 1.21 bits per heavy atom. The van der Waals surface area contributed by atoms with Crippen LogP contribution in [0.2, 0.25) is 0 Å². The molecule has 14 heavy (non-hydrogen) atoms. The molecule has 0 saturated heterocycles. The van der Waals surface area contributed by atoms with Crippen molar-refractivity contribution in [2.75, 3.05) is 0 Å². The molecule has 1 aromatic carbocycles. The number of benzene rings is 1. The number of fused-ring (bicyclic) bond motifs is 1. The molecular weight excluding hydrogens is 176 g/mol. The van der Waals surface area contributed by atoms with E-state index < -0.39 is 0 Å². The summed E-state index contributed by atoms with van der Waals surface area (Å²) in [5, 5.41) is 0. The molecule has 1 unspecified atom stereocenters. The van der Waals surface area contributed by atoms with Crippen molar-refractivity contribution in [1.29, 1.82) is 0 Å². The molecule has 0 saturated carbocycles. The molecule has 1 atom stereocenters. The molecule has 2 nitrogen and oxygen atoms in total. The van der Waals surface area contributed by atoms with E-state index >= 15 is 0 Å². The van der Waals surface area contributed by atoms with Gasteiger partial charge in [-0.3, -0.25) is 0 Å². The summed E-state index contributed by atoms with van der Waals surface area (Å²) in [5.41, 5.74) is 1.69. The van der Waals surface area contributed by atoms with Crippen LogP contribution in [0.15, 0.2) is 24.3 Å². The maximum atomic E-state index is 11.5. The molecule has 0 bridgehead atoms. The third kappa shape index (κ3) is 1.31. The smallest absolute Gasteiger partial charge is 0.339 e. The SMILES string of the molecule is CC(C)(C)C1OC(=O)c2ccccc21. The number of rotatable bonds is 0. The fourth-order valence-corrected chi connectivity index (χ4v) is 1.79. The number of hydrogen-bond acceptors (Lipinski definition) is 2. The predicted octanol–water partition coefficient (Wildman–Crippen LogP) is 2.94. The molecular formula is C12H14O2. The molecule has 74 valence electrons. The third-order valence-corrected chi connectivity index (χ3v) is 2.47. The fraction of sp³-hybridized carbons (Fsp3) is 0.417. The molecule has 2 rings (SSSR count). The maximum Gasteiger partial charge on any atom is 0.339 e. The van der Waals surface area contributed by atoms with Gasteiger partial charge in [0, 0.05) is 11.0 Å². The van der Waals surface area contributed by atoms with Crippen LogP contribution in [0, 0.1) is 5.41 Å². The van der Waals surface area contributed by atoms with Gasteiger partial charge in [-0.05, 0) is 6.07 Å². The molecule has 2 heteroatoms. The highest BCUT2D eigenvalue weighted by molar-refractivity contribution is 5.94. The lowest BCUT2D eigenvalue weighted by Crippen LogP contribution is -2.18. The van der Waals surface area contributed by atoms with Gasteiger partial charge in [-0.1, -0.05) is 39.0 Å². The van der Waals surface area contributed by atoms with Crippen molar-refractivity contribution in [3.8, 4) is 0 Å². The van der Waals surface area contributed by atoms with Gasteiger partial charge in [-0.15, -0.1) is 0 Å². The zero-order valence-electron chi connectivity index (χ0n) is 8.70. The minimum absolute atomic E-state index is 0.0394. The van der Waals surface area contributed by atoms with Gasteiger partial charge in [-0.25, -0.2) is 4.79 Å². The first kappa shape index (κ1) is 9.25. The van der Waals surface area contributed by atoms with Crippen LogP contribution >= 0.6 is 0 Å². The van der Waals surface area contributed by atoms with Crippen molar-refractivity contribution in [3.63, 3.8) is 0 Å². The van der Waals surface area contributed by atoms with E-state index in [4.69, 9.17) is 4.74 Å². The van der Waals surface area contributed by atoms with Crippen LogP contribution in [0.4, 0.5) is 0 Å². The first-order chi connectivity index (χ1) is 6.50. The Kier molecular flexibility index (Phi) is 1.88. The van der Waals surface area contributed by atoms with Crippen LogP contribution in [0.3, 0.4) is 0 Å². The van der Waals surface area contributed by atoms with Gasteiger partial charge in [0.2, 0.25) is 0 Å². The van der Waals surface area contributed by atoms with Gasteiger partial charge in [0.15, 0.2) is 0 Å². The van der Waals surface area contributed by atoms with E-state index in [1.165, 1.54) is 0 Å². The van der Waals surface area contributed by atoms with E-state index in [0.717, 1.165) is 5.56 Å². The summed E-state index contributed by atoms with van der Waals surface area (Å²) in [7, 11) is 0. The molecule has 0 amide bonds. The molecule has 0 spiro atoms. The topological polar surface area (TPSA) is 26.3 Å². The Bertz CT molecular complexity index is 374. The van der Waals surface area contributed by atoms with E-state index in [-0.39, 0.29) is 17.5 Å². The van der Waals surface area contributed by atoms with Crippen LogP contribution in [-0.4, -0.2) is 5.97 Å². The standard InChI is InChI=1S/C12H14O2/c1-12(2,3)10-8-6-4-5-7-9(8)11(13)14-10/h4-7,10H,1-3H3. The lowest BCUT2D eigenvalue weighted by atomic mass is 9.84. The number of ether oxygens (including phenoxy) is 1. The highest BCUT2D eigenvalue weighted by Crippen LogP contribution is 2.42. The monoisotopic (exact) mass is 190 g/mol. The van der Waals surface area contributed by atoms with Crippen molar-refractivity contribution in [3.05, 3.63) is 35.4 Å². The molecule has 0 radical (unpaired) electrons. The van der Waals surface area contributed by atoms with Gasteiger partial charge in [-0.2, -0.15) is 0 Å². The van der Waals surface area contributed by atoms with Gasteiger partial charge in [0.25, 0.3) is 0 Å². The zero-order valence-corrected chi connectivity index (χ0v) is 8.70. The van der Waals surface area contributed by atoms with Gasteiger partial charge in [0.05, 0.1) is 5.56 Å². The largest absolute Gasteiger partial charge is 0.453 e. The number of hydrogen-bond donors (Lipinski definition) is 0. The third-order valence-electron chi connectivity index (χ3n) is 2.47. The zero-order chi connectivity index (χ0) is 10.3. The fourth-order valence-electron chi connectivity index (χ4n) is 1.79.